The van der Waals surface area contributed by atoms with Gasteiger partial charge in [0.1, 0.15) is 12.2 Å². The first-order valence-corrected chi connectivity index (χ1v) is 24.6. The Kier molecular flexibility index (Phi) is 43.4. The molecular formula is C49H97NO5. The molecule has 0 aliphatic heterocycles. The number of hydrogen-bond donors (Lipinski definition) is 5. The number of hydrogen-bond acceptors (Lipinski definition) is 5. The average molecular weight is 780 g/mol. The van der Waals surface area contributed by atoms with E-state index in [0.717, 1.165) is 38.5 Å². The summed E-state index contributed by atoms with van der Waals surface area (Å²) in [6.07, 6.45) is 49.9. The van der Waals surface area contributed by atoms with Crippen LogP contribution in [0.4, 0.5) is 0 Å². The fourth-order valence-electron chi connectivity index (χ4n) is 7.82. The Labute approximate surface area is 342 Å². The summed E-state index contributed by atoms with van der Waals surface area (Å²) in [4.78, 5) is 12.5. The van der Waals surface area contributed by atoms with E-state index in [1.54, 1.807) is 0 Å². The molecule has 1 amide bonds. The number of nitrogens with one attached hydrogen (secondary N) is 1. The fraction of sp³-hybridized carbons (Fsp3) is 0.939. The number of amides is 1. The van der Waals surface area contributed by atoms with E-state index in [1.807, 2.05) is 0 Å². The fourth-order valence-corrected chi connectivity index (χ4v) is 7.82. The maximum Gasteiger partial charge on any atom is 0.249 e. The molecule has 0 aliphatic rings. The van der Waals surface area contributed by atoms with Crippen molar-refractivity contribution in [2.45, 2.75) is 289 Å². The Bertz CT molecular complexity index is 791. The van der Waals surface area contributed by atoms with Crippen LogP contribution >= 0.6 is 0 Å². The quantitative estimate of drug-likeness (QED) is 0.0312. The summed E-state index contributed by atoms with van der Waals surface area (Å²) in [5.74, 6) is -0.591. The maximum absolute atomic E-state index is 12.5. The van der Waals surface area contributed by atoms with Gasteiger partial charge in [-0.15, -0.1) is 0 Å². The lowest BCUT2D eigenvalue weighted by atomic mass is 10.00. The van der Waals surface area contributed by atoms with Crippen molar-refractivity contribution in [3.05, 3.63) is 12.2 Å². The first-order chi connectivity index (χ1) is 27.0. The van der Waals surface area contributed by atoms with E-state index < -0.39 is 36.9 Å². The Morgan fingerprint density at radius 3 is 1.09 bits per heavy atom. The molecular weight excluding hydrogens is 683 g/mol. The minimum absolute atomic E-state index is 0.367. The van der Waals surface area contributed by atoms with Crippen molar-refractivity contribution < 1.29 is 25.2 Å². The molecule has 0 aromatic heterocycles. The summed E-state index contributed by atoms with van der Waals surface area (Å²) in [6.45, 7) is 4.05. The van der Waals surface area contributed by atoms with Crippen LogP contribution in [-0.2, 0) is 4.79 Å². The van der Waals surface area contributed by atoms with E-state index in [1.165, 1.54) is 199 Å². The zero-order valence-corrected chi connectivity index (χ0v) is 36.9. The van der Waals surface area contributed by atoms with E-state index >= 15 is 0 Å². The van der Waals surface area contributed by atoms with Crippen LogP contribution in [0.1, 0.15) is 264 Å². The molecule has 55 heavy (non-hydrogen) atoms. The Balaban J connectivity index is 3.63. The standard InChI is InChI=1S/C49H97NO5/c1-3-5-7-9-11-13-15-17-18-19-20-21-22-23-24-25-26-27-28-29-30-31-33-34-36-38-40-42-46(52)48(54)45(44-51)50-49(55)47(53)43-41-39-37-35-32-16-14-12-10-8-6-4-2/h34,36,45-48,51-54H,3-33,35,37-44H2,1-2H3,(H,50,55)/b36-34+. The second-order valence-corrected chi connectivity index (χ2v) is 17.2. The minimum Gasteiger partial charge on any atom is -0.394 e. The topological polar surface area (TPSA) is 110 Å². The molecule has 4 unspecified atom stereocenters. The molecule has 0 saturated carbocycles. The molecule has 0 rings (SSSR count). The van der Waals surface area contributed by atoms with Gasteiger partial charge in [0.15, 0.2) is 0 Å². The monoisotopic (exact) mass is 780 g/mol. The van der Waals surface area contributed by atoms with Crippen LogP contribution in [0.3, 0.4) is 0 Å². The van der Waals surface area contributed by atoms with Gasteiger partial charge in [-0.25, -0.2) is 0 Å². The van der Waals surface area contributed by atoms with Crippen molar-refractivity contribution in [2.75, 3.05) is 6.61 Å². The highest BCUT2D eigenvalue weighted by atomic mass is 16.3. The lowest BCUT2D eigenvalue weighted by molar-refractivity contribution is -0.132. The van der Waals surface area contributed by atoms with E-state index in [2.05, 4.69) is 31.3 Å². The Morgan fingerprint density at radius 2 is 0.745 bits per heavy atom. The molecule has 0 aromatic rings. The van der Waals surface area contributed by atoms with Crippen LogP contribution in [0.5, 0.6) is 0 Å². The molecule has 6 nitrogen and oxygen atoms in total. The molecule has 328 valence electrons. The molecule has 0 bridgehead atoms. The molecule has 0 heterocycles. The minimum atomic E-state index is -1.28. The smallest absolute Gasteiger partial charge is 0.249 e. The third kappa shape index (κ3) is 38.3. The molecule has 0 aromatic carbocycles. The summed E-state index contributed by atoms with van der Waals surface area (Å²) >= 11 is 0. The number of aliphatic hydroxyl groups is 4. The summed E-state index contributed by atoms with van der Waals surface area (Å²) < 4.78 is 0. The van der Waals surface area contributed by atoms with Gasteiger partial charge in [0.2, 0.25) is 5.91 Å². The van der Waals surface area contributed by atoms with E-state index in [4.69, 9.17) is 0 Å². The van der Waals surface area contributed by atoms with Crippen LogP contribution in [0.2, 0.25) is 0 Å². The van der Waals surface area contributed by atoms with Gasteiger partial charge in [0.25, 0.3) is 0 Å². The number of carbonyl (C=O) groups excluding carboxylic acids is 1. The molecule has 0 spiro atoms. The van der Waals surface area contributed by atoms with Gasteiger partial charge < -0.3 is 25.7 Å². The molecule has 0 aliphatic carbocycles. The van der Waals surface area contributed by atoms with Crippen LogP contribution in [0.15, 0.2) is 12.2 Å². The summed E-state index contributed by atoms with van der Waals surface area (Å²) in [6, 6.07) is -0.997. The third-order valence-electron chi connectivity index (χ3n) is 11.7. The van der Waals surface area contributed by atoms with Gasteiger partial charge in [0.05, 0.1) is 18.8 Å². The van der Waals surface area contributed by atoms with Gasteiger partial charge in [0, 0.05) is 0 Å². The molecule has 0 fully saturated rings. The average Bonchev–Trinajstić information content (AvgIpc) is 3.19. The largest absolute Gasteiger partial charge is 0.394 e. The van der Waals surface area contributed by atoms with Gasteiger partial charge >= 0.3 is 0 Å². The number of unbranched alkanes of at least 4 members (excludes halogenated alkanes) is 34. The van der Waals surface area contributed by atoms with Gasteiger partial charge in [-0.3, -0.25) is 4.79 Å². The van der Waals surface area contributed by atoms with Crippen molar-refractivity contribution >= 4 is 5.91 Å². The van der Waals surface area contributed by atoms with Crippen molar-refractivity contribution in [2.24, 2.45) is 0 Å². The lowest BCUT2D eigenvalue weighted by Gasteiger charge is -2.27. The molecule has 0 saturated heterocycles. The highest BCUT2D eigenvalue weighted by Gasteiger charge is 2.28. The Morgan fingerprint density at radius 1 is 0.436 bits per heavy atom. The Hall–Kier alpha value is -0.950. The van der Waals surface area contributed by atoms with Crippen LogP contribution < -0.4 is 5.32 Å². The van der Waals surface area contributed by atoms with Crippen molar-refractivity contribution in [1.29, 1.82) is 0 Å². The second kappa shape index (κ2) is 44.2. The van der Waals surface area contributed by atoms with Crippen molar-refractivity contribution in [3.63, 3.8) is 0 Å². The predicted octanol–water partition coefficient (Wildman–Crippen LogP) is 13.4. The first kappa shape index (κ1) is 54.0. The van der Waals surface area contributed by atoms with E-state index in [-0.39, 0.29) is 0 Å². The lowest BCUT2D eigenvalue weighted by Crippen LogP contribution is -2.53. The first-order valence-electron chi connectivity index (χ1n) is 24.6. The van der Waals surface area contributed by atoms with Crippen LogP contribution in [0.25, 0.3) is 0 Å². The van der Waals surface area contributed by atoms with Crippen LogP contribution in [-0.4, -0.2) is 57.3 Å². The second-order valence-electron chi connectivity index (χ2n) is 17.2. The number of allylic oxidation sites excluding steroid dienone is 2. The zero-order chi connectivity index (χ0) is 40.3. The van der Waals surface area contributed by atoms with Crippen LogP contribution in [0, 0.1) is 0 Å². The van der Waals surface area contributed by atoms with Gasteiger partial charge in [-0.2, -0.15) is 0 Å². The highest BCUT2D eigenvalue weighted by molar-refractivity contribution is 5.80. The van der Waals surface area contributed by atoms with Gasteiger partial charge in [-0.05, 0) is 38.5 Å². The summed E-state index contributed by atoms with van der Waals surface area (Å²) in [7, 11) is 0. The maximum atomic E-state index is 12.5. The van der Waals surface area contributed by atoms with Gasteiger partial charge in [-0.1, -0.05) is 238 Å². The highest BCUT2D eigenvalue weighted by Crippen LogP contribution is 2.17. The number of aliphatic hydroxyl groups excluding tert-OH is 4. The molecule has 0 radical (unpaired) electrons. The number of carbonyl (C=O) groups is 1. The third-order valence-corrected chi connectivity index (χ3v) is 11.7. The summed E-state index contributed by atoms with van der Waals surface area (Å²) in [5, 5.41) is 43.7. The SMILES string of the molecule is CCCCCCCCCCCCCCCCCCCCCCCC/C=C/CCCC(O)C(O)C(CO)NC(=O)C(O)CCCCCCCCCCCCCC. The van der Waals surface area contributed by atoms with Crippen molar-refractivity contribution in [1.82, 2.24) is 5.32 Å². The number of rotatable bonds is 45. The predicted molar refractivity (Wildman–Crippen MR) is 238 cm³/mol. The molecule has 4 atom stereocenters. The van der Waals surface area contributed by atoms with E-state index in [0.29, 0.717) is 12.8 Å². The normalized spacial score (nSPS) is 14.1. The molecule has 6 heteroatoms. The van der Waals surface area contributed by atoms with E-state index in [9.17, 15) is 25.2 Å². The van der Waals surface area contributed by atoms with Crippen molar-refractivity contribution in [3.8, 4) is 0 Å². The summed E-state index contributed by atoms with van der Waals surface area (Å²) in [5.41, 5.74) is 0. The zero-order valence-electron chi connectivity index (χ0n) is 36.9. The molecule has 5 N–H and O–H groups in total.